The highest BCUT2D eigenvalue weighted by molar-refractivity contribution is 7.89. The molecule has 0 saturated carbocycles. The van der Waals surface area contributed by atoms with Gasteiger partial charge >= 0.3 is 0 Å². The first kappa shape index (κ1) is 33.0. The smallest absolute Gasteiger partial charge is 0.245 e. The van der Waals surface area contributed by atoms with Crippen molar-refractivity contribution in [2.24, 2.45) is 5.92 Å². The number of aliphatic hydroxyl groups is 1. The van der Waals surface area contributed by atoms with E-state index in [0.29, 0.717) is 18.8 Å². The highest BCUT2D eigenvalue weighted by atomic mass is 32.2. The zero-order valence-electron chi connectivity index (χ0n) is 24.7. The van der Waals surface area contributed by atoms with Crippen LogP contribution in [0.15, 0.2) is 53.4 Å². The van der Waals surface area contributed by atoms with Crippen molar-refractivity contribution >= 4 is 21.8 Å². The van der Waals surface area contributed by atoms with Crippen LogP contribution in [0.1, 0.15) is 37.8 Å². The number of carbonyl (C=O) groups excluding carboxylic acids is 2. The molecule has 2 unspecified atom stereocenters. The molecule has 1 aliphatic heterocycles. The van der Waals surface area contributed by atoms with Crippen LogP contribution in [0, 0.1) is 17.2 Å². The van der Waals surface area contributed by atoms with E-state index in [9.17, 15) is 28.4 Å². The van der Waals surface area contributed by atoms with Crippen molar-refractivity contribution in [1.29, 1.82) is 5.26 Å². The predicted molar refractivity (Wildman–Crippen MR) is 158 cm³/mol. The highest BCUT2D eigenvalue weighted by Crippen LogP contribution is 2.33. The number of rotatable bonds is 15. The monoisotopic (exact) mass is 599 g/mol. The summed E-state index contributed by atoms with van der Waals surface area (Å²) in [6.07, 6.45) is 0.198. The summed E-state index contributed by atoms with van der Waals surface area (Å²) in [6, 6.07) is 14.7. The van der Waals surface area contributed by atoms with Crippen molar-refractivity contribution in [3.05, 3.63) is 59.7 Å². The number of benzene rings is 2. The molecule has 42 heavy (non-hydrogen) atoms. The number of amides is 2. The summed E-state index contributed by atoms with van der Waals surface area (Å²) < 4.78 is 34.9. The van der Waals surface area contributed by atoms with E-state index in [2.05, 4.69) is 10.6 Å². The van der Waals surface area contributed by atoms with E-state index in [4.69, 9.17) is 4.74 Å². The van der Waals surface area contributed by atoms with Crippen molar-refractivity contribution in [3.63, 3.8) is 0 Å². The van der Waals surface area contributed by atoms with Gasteiger partial charge in [-0.3, -0.25) is 9.59 Å². The average molecular weight is 600 g/mol. The maximum absolute atomic E-state index is 14.1. The van der Waals surface area contributed by atoms with Crippen LogP contribution in [0.2, 0.25) is 0 Å². The third-order valence-corrected chi connectivity index (χ3v) is 8.68. The Labute approximate surface area is 248 Å². The number of likely N-dealkylation sites (N-methyl/N-ethyl adjacent to an activating group) is 1. The molecule has 11 nitrogen and oxygen atoms in total. The van der Waals surface area contributed by atoms with Crippen LogP contribution in [0.3, 0.4) is 0 Å². The lowest BCUT2D eigenvalue weighted by molar-refractivity contribution is -0.123. The van der Waals surface area contributed by atoms with Crippen LogP contribution in [0.4, 0.5) is 0 Å². The minimum Gasteiger partial charge on any atom is -0.493 e. The van der Waals surface area contributed by atoms with Gasteiger partial charge in [-0.15, -0.1) is 0 Å². The Bertz CT molecular complexity index is 1380. The number of sulfonamides is 1. The van der Waals surface area contributed by atoms with E-state index in [1.807, 2.05) is 50.2 Å². The van der Waals surface area contributed by atoms with Gasteiger partial charge in [-0.25, -0.2) is 8.42 Å². The third kappa shape index (κ3) is 9.00. The van der Waals surface area contributed by atoms with Crippen molar-refractivity contribution in [2.75, 3.05) is 40.3 Å². The maximum Gasteiger partial charge on any atom is 0.245 e. The van der Waals surface area contributed by atoms with E-state index < -0.39 is 27.7 Å². The molecular weight excluding hydrogens is 558 g/mol. The fraction of sp³-hybridized carbons (Fsp3) is 0.500. The third-order valence-electron chi connectivity index (χ3n) is 6.76. The van der Waals surface area contributed by atoms with Gasteiger partial charge in [0.25, 0.3) is 0 Å². The Morgan fingerprint density at radius 3 is 2.50 bits per heavy atom. The average Bonchev–Trinajstić information content (AvgIpc) is 3.39. The van der Waals surface area contributed by atoms with Gasteiger partial charge in [0.05, 0.1) is 30.5 Å². The molecule has 228 valence electrons. The SMILES string of the molecule is CC(C)CN(C(O)(CCNC(=O)CC(C#N)NC(=O)CN(C)C)Cc1ccccc1)S(=O)(=O)c1ccc2c(c1)CCO2. The first-order valence-corrected chi connectivity index (χ1v) is 15.4. The van der Waals surface area contributed by atoms with E-state index >= 15 is 0 Å². The molecule has 2 aromatic carbocycles. The zero-order valence-corrected chi connectivity index (χ0v) is 25.5. The lowest BCUT2D eigenvalue weighted by Gasteiger charge is -2.40. The van der Waals surface area contributed by atoms with Crippen LogP contribution in [-0.2, 0) is 32.5 Å². The fourth-order valence-electron chi connectivity index (χ4n) is 4.81. The molecule has 0 fully saturated rings. The maximum atomic E-state index is 14.1. The van der Waals surface area contributed by atoms with Gasteiger partial charge in [-0.05, 0) is 49.3 Å². The molecule has 0 spiro atoms. The van der Waals surface area contributed by atoms with E-state index in [1.54, 1.807) is 31.1 Å². The molecule has 0 bridgehead atoms. The molecule has 0 aliphatic carbocycles. The summed E-state index contributed by atoms with van der Waals surface area (Å²) in [5.74, 6) is -0.355. The van der Waals surface area contributed by atoms with Crippen molar-refractivity contribution < 1.29 is 27.9 Å². The van der Waals surface area contributed by atoms with Gasteiger partial charge in [-0.2, -0.15) is 9.57 Å². The number of carbonyl (C=O) groups is 2. The Kier molecular flexibility index (Phi) is 11.5. The number of hydrogen-bond donors (Lipinski definition) is 3. The van der Waals surface area contributed by atoms with Gasteiger partial charge in [0.2, 0.25) is 21.8 Å². The summed E-state index contributed by atoms with van der Waals surface area (Å²) in [5, 5.41) is 26.8. The van der Waals surface area contributed by atoms with Crippen molar-refractivity contribution in [1.82, 2.24) is 19.8 Å². The normalized spacial score (nSPS) is 15.0. The van der Waals surface area contributed by atoms with Crippen LogP contribution in [-0.4, -0.2) is 86.6 Å². The van der Waals surface area contributed by atoms with E-state index in [1.165, 1.54) is 6.07 Å². The van der Waals surface area contributed by atoms with Gasteiger partial charge in [0.15, 0.2) is 0 Å². The van der Waals surface area contributed by atoms with Crippen molar-refractivity contribution in [2.45, 2.75) is 56.2 Å². The zero-order chi connectivity index (χ0) is 30.9. The summed E-state index contributed by atoms with van der Waals surface area (Å²) in [6.45, 7) is 4.28. The highest BCUT2D eigenvalue weighted by Gasteiger charge is 2.43. The summed E-state index contributed by atoms with van der Waals surface area (Å²) in [5.41, 5.74) is -0.364. The van der Waals surface area contributed by atoms with Crippen LogP contribution in [0.25, 0.3) is 0 Å². The van der Waals surface area contributed by atoms with Gasteiger partial charge in [0, 0.05) is 32.4 Å². The number of nitriles is 1. The minimum atomic E-state index is -4.17. The Balaban J connectivity index is 1.83. The molecule has 0 saturated heterocycles. The Morgan fingerprint density at radius 1 is 1.14 bits per heavy atom. The largest absolute Gasteiger partial charge is 0.493 e. The standard InChI is InChI=1S/C30H41N5O6S/c1-22(2)20-35(42(39,40)26-10-11-27-24(16-26)12-15-41-27)30(38,18-23-8-6-5-7-9-23)13-14-32-28(36)17-25(19-31)33-29(37)21-34(3)4/h5-11,16,22,25,38H,12-15,17-18,20-21H2,1-4H3,(H,32,36)(H,33,37). The molecule has 1 aliphatic rings. The number of hydrogen-bond acceptors (Lipinski definition) is 8. The summed E-state index contributed by atoms with van der Waals surface area (Å²) >= 11 is 0. The first-order valence-electron chi connectivity index (χ1n) is 14.0. The molecule has 2 atom stereocenters. The second kappa shape index (κ2) is 14.6. The number of fused-ring (bicyclic) bond motifs is 1. The molecule has 12 heteroatoms. The van der Waals surface area contributed by atoms with E-state index in [-0.39, 0.29) is 55.6 Å². The number of ether oxygens (including phenoxy) is 1. The summed E-state index contributed by atoms with van der Waals surface area (Å²) in [4.78, 5) is 26.4. The van der Waals surface area contributed by atoms with Gasteiger partial charge < -0.3 is 25.4 Å². The topological polar surface area (TPSA) is 152 Å². The number of nitrogens with one attached hydrogen (secondary N) is 2. The molecule has 1 heterocycles. The molecule has 3 rings (SSSR count). The van der Waals surface area contributed by atoms with Crippen molar-refractivity contribution in [3.8, 4) is 11.8 Å². The lowest BCUT2D eigenvalue weighted by atomic mass is 9.98. The molecule has 3 N–H and O–H groups in total. The second-order valence-corrected chi connectivity index (χ2v) is 13.1. The van der Waals surface area contributed by atoms with Crippen LogP contribution < -0.4 is 15.4 Å². The predicted octanol–water partition coefficient (Wildman–Crippen LogP) is 1.67. The molecular formula is C30H41N5O6S. The van der Waals surface area contributed by atoms with Crippen LogP contribution in [0.5, 0.6) is 5.75 Å². The van der Waals surface area contributed by atoms with Gasteiger partial charge in [-0.1, -0.05) is 44.2 Å². The Morgan fingerprint density at radius 2 is 1.86 bits per heavy atom. The minimum absolute atomic E-state index is 0.00880. The molecule has 0 aromatic heterocycles. The van der Waals surface area contributed by atoms with Crippen LogP contribution >= 0.6 is 0 Å². The quantitative estimate of drug-likeness (QED) is 0.262. The second-order valence-electron chi connectivity index (χ2n) is 11.2. The molecule has 0 radical (unpaired) electrons. The van der Waals surface area contributed by atoms with E-state index in [0.717, 1.165) is 15.4 Å². The number of nitrogens with zero attached hydrogens (tertiary/aromatic N) is 3. The first-order chi connectivity index (χ1) is 19.8. The molecule has 2 aromatic rings. The summed E-state index contributed by atoms with van der Waals surface area (Å²) in [7, 11) is -0.744. The lowest BCUT2D eigenvalue weighted by Crippen LogP contribution is -2.56. The fourth-order valence-corrected chi connectivity index (χ4v) is 6.70. The Hall–Kier alpha value is -3.50. The van der Waals surface area contributed by atoms with Gasteiger partial charge in [0.1, 0.15) is 17.5 Å². The molecule has 2 amide bonds.